The fraction of sp³-hybridized carbons (Fsp3) is 0.241. The van der Waals surface area contributed by atoms with Crippen molar-refractivity contribution in [3.8, 4) is 22.7 Å². The van der Waals surface area contributed by atoms with Gasteiger partial charge in [0.2, 0.25) is 0 Å². The van der Waals surface area contributed by atoms with Gasteiger partial charge in [0.05, 0.1) is 18.0 Å². The maximum atomic E-state index is 13.0. The van der Waals surface area contributed by atoms with Gasteiger partial charge in [-0.25, -0.2) is 0 Å². The van der Waals surface area contributed by atoms with E-state index in [1.54, 1.807) is 10.6 Å². The van der Waals surface area contributed by atoms with E-state index in [9.17, 15) is 9.59 Å². The van der Waals surface area contributed by atoms with Crippen molar-refractivity contribution in [2.75, 3.05) is 13.2 Å². The molecular weight excluding hydrogens is 456 g/mol. The van der Waals surface area contributed by atoms with Crippen molar-refractivity contribution in [2.24, 2.45) is 0 Å². The molecule has 0 saturated carbocycles. The molecule has 4 aromatic rings. The molecule has 0 bridgehead atoms. The number of aromatic nitrogens is 1. The number of para-hydroxylation sites is 2. The fourth-order valence-corrected chi connectivity index (χ4v) is 5.00. The van der Waals surface area contributed by atoms with Crippen molar-refractivity contribution in [3.05, 3.63) is 105 Å². The molecule has 1 N–H and O–H groups in total. The van der Waals surface area contributed by atoms with Crippen molar-refractivity contribution >= 4 is 17.2 Å². The summed E-state index contributed by atoms with van der Waals surface area (Å²) in [6.07, 6.45) is 2.94. The molecule has 1 aromatic heterocycles. The molecule has 1 amide bonds. The van der Waals surface area contributed by atoms with Gasteiger partial charge >= 0.3 is 4.87 Å². The van der Waals surface area contributed by atoms with Crippen LogP contribution in [0.25, 0.3) is 16.9 Å². The summed E-state index contributed by atoms with van der Waals surface area (Å²) >= 11 is 1.20. The summed E-state index contributed by atoms with van der Waals surface area (Å²) in [6.45, 7) is 4.98. The molecule has 0 unspecified atom stereocenters. The first-order valence-corrected chi connectivity index (χ1v) is 12.8. The third-order valence-electron chi connectivity index (χ3n) is 5.80. The van der Waals surface area contributed by atoms with Gasteiger partial charge in [-0.05, 0) is 62.9 Å². The summed E-state index contributed by atoms with van der Waals surface area (Å²) < 4.78 is 7.47. The van der Waals surface area contributed by atoms with E-state index in [1.165, 1.54) is 16.9 Å². The number of hydrogen-bond acceptors (Lipinski definition) is 4. The molecule has 3 aromatic carbocycles. The van der Waals surface area contributed by atoms with Gasteiger partial charge in [-0.15, -0.1) is 0 Å². The molecule has 0 fully saturated rings. The first-order chi connectivity index (χ1) is 17.1. The van der Waals surface area contributed by atoms with Crippen LogP contribution in [0.2, 0.25) is 0 Å². The third-order valence-corrected chi connectivity index (χ3v) is 6.66. The molecule has 4 rings (SSSR count). The highest BCUT2D eigenvalue weighted by molar-refractivity contribution is 7.09. The molecular formula is C29H30N2O3S. The minimum Gasteiger partial charge on any atom is -0.492 e. The van der Waals surface area contributed by atoms with Gasteiger partial charge in [-0.2, -0.15) is 0 Å². The Kier molecular flexibility index (Phi) is 8.16. The lowest BCUT2D eigenvalue weighted by atomic mass is 10.1. The number of benzene rings is 3. The fourth-order valence-electron chi connectivity index (χ4n) is 4.15. The van der Waals surface area contributed by atoms with E-state index in [4.69, 9.17) is 4.74 Å². The number of nitrogens with zero attached hydrogens (tertiary/aromatic N) is 1. The maximum absolute atomic E-state index is 13.0. The van der Waals surface area contributed by atoms with Crippen LogP contribution in [0.5, 0.6) is 5.75 Å². The maximum Gasteiger partial charge on any atom is 0.312 e. The zero-order chi connectivity index (χ0) is 24.6. The number of ether oxygens (including phenoxy) is 1. The van der Waals surface area contributed by atoms with E-state index in [1.807, 2.05) is 74.5 Å². The van der Waals surface area contributed by atoms with Crippen molar-refractivity contribution in [3.63, 3.8) is 0 Å². The minimum absolute atomic E-state index is 0.0853. The van der Waals surface area contributed by atoms with E-state index in [0.29, 0.717) is 30.2 Å². The van der Waals surface area contributed by atoms with Crippen LogP contribution < -0.4 is 14.9 Å². The third kappa shape index (κ3) is 5.89. The van der Waals surface area contributed by atoms with Gasteiger partial charge < -0.3 is 10.1 Å². The monoisotopic (exact) mass is 486 g/mol. The normalized spacial score (nSPS) is 10.8. The molecule has 6 heteroatoms. The van der Waals surface area contributed by atoms with Crippen LogP contribution in [-0.2, 0) is 6.42 Å². The molecule has 0 radical (unpaired) electrons. The highest BCUT2D eigenvalue weighted by Gasteiger charge is 2.19. The lowest BCUT2D eigenvalue weighted by molar-refractivity contribution is 0.0953. The second kappa shape index (κ2) is 11.7. The van der Waals surface area contributed by atoms with Crippen LogP contribution in [0.15, 0.2) is 83.7 Å². The van der Waals surface area contributed by atoms with Crippen molar-refractivity contribution in [2.45, 2.75) is 33.1 Å². The van der Waals surface area contributed by atoms with Gasteiger partial charge in [0, 0.05) is 22.5 Å². The Hall–Kier alpha value is -3.64. The Balaban J connectivity index is 1.50. The van der Waals surface area contributed by atoms with Crippen LogP contribution in [0.1, 0.15) is 40.6 Å². The molecule has 5 nitrogen and oxygen atoms in total. The number of aryl methyl sites for hydroxylation is 2. The topological polar surface area (TPSA) is 60.3 Å². The van der Waals surface area contributed by atoms with E-state index in [0.717, 1.165) is 35.4 Å². The second-order valence-corrected chi connectivity index (χ2v) is 9.45. The van der Waals surface area contributed by atoms with Crippen LogP contribution in [0.3, 0.4) is 0 Å². The predicted molar refractivity (Wildman–Crippen MR) is 143 cm³/mol. The smallest absolute Gasteiger partial charge is 0.312 e. The molecule has 0 saturated heterocycles. The summed E-state index contributed by atoms with van der Waals surface area (Å²) in [5, 5.41) is 3.03. The highest BCUT2D eigenvalue weighted by atomic mass is 32.1. The lowest BCUT2D eigenvalue weighted by Crippen LogP contribution is -2.24. The number of thiazole rings is 1. The van der Waals surface area contributed by atoms with E-state index in [-0.39, 0.29) is 10.8 Å². The minimum atomic E-state index is -0.108. The van der Waals surface area contributed by atoms with E-state index < -0.39 is 0 Å². The van der Waals surface area contributed by atoms with Crippen molar-refractivity contribution < 1.29 is 9.53 Å². The van der Waals surface area contributed by atoms with Gasteiger partial charge in [-0.1, -0.05) is 65.9 Å². The summed E-state index contributed by atoms with van der Waals surface area (Å²) in [6, 6.07) is 25.4. The van der Waals surface area contributed by atoms with Crippen molar-refractivity contribution in [1.82, 2.24) is 9.88 Å². The number of carbonyl (C=O) groups is 1. The average molecular weight is 487 g/mol. The summed E-state index contributed by atoms with van der Waals surface area (Å²) in [4.78, 5) is 26.6. The Labute approximate surface area is 210 Å². The number of hydrogen-bond donors (Lipinski definition) is 1. The van der Waals surface area contributed by atoms with Gasteiger partial charge in [0.15, 0.2) is 0 Å². The standard InChI is InChI=1S/C29H30N2O3S/c1-3-34-26-18-8-7-17-25(26)31-27(21(2)35-29(31)33)23-15-11-16-24(20-23)28(32)30-19-10-9-14-22-12-5-4-6-13-22/h4-8,11-13,15-18,20H,3,9-10,14,19H2,1-2H3,(H,30,32). The van der Waals surface area contributed by atoms with Crippen LogP contribution >= 0.6 is 11.3 Å². The molecule has 180 valence electrons. The average Bonchev–Trinajstić information content (AvgIpc) is 3.18. The van der Waals surface area contributed by atoms with Crippen LogP contribution in [-0.4, -0.2) is 23.6 Å². The molecule has 0 atom stereocenters. The van der Waals surface area contributed by atoms with E-state index in [2.05, 4.69) is 17.4 Å². The summed E-state index contributed by atoms with van der Waals surface area (Å²) in [5.41, 5.74) is 4.20. The number of unbranched alkanes of at least 4 members (excludes halogenated alkanes) is 1. The number of amides is 1. The highest BCUT2D eigenvalue weighted by Crippen LogP contribution is 2.32. The zero-order valence-corrected chi connectivity index (χ0v) is 20.9. The SMILES string of the molecule is CCOc1ccccc1-n1c(-c2cccc(C(=O)NCCCCc3ccccc3)c2)c(C)sc1=O. The first-order valence-electron chi connectivity index (χ1n) is 12.0. The number of rotatable bonds is 10. The molecule has 0 aliphatic carbocycles. The molecule has 35 heavy (non-hydrogen) atoms. The first kappa shape index (κ1) is 24.5. The van der Waals surface area contributed by atoms with Gasteiger partial charge in [-0.3, -0.25) is 14.2 Å². The predicted octanol–water partition coefficient (Wildman–Crippen LogP) is 6.03. The van der Waals surface area contributed by atoms with Crippen LogP contribution in [0, 0.1) is 6.92 Å². The summed E-state index contributed by atoms with van der Waals surface area (Å²) in [7, 11) is 0. The van der Waals surface area contributed by atoms with Crippen molar-refractivity contribution in [1.29, 1.82) is 0 Å². The Morgan fingerprint density at radius 2 is 1.74 bits per heavy atom. The quantitative estimate of drug-likeness (QED) is 0.279. The Morgan fingerprint density at radius 1 is 0.971 bits per heavy atom. The number of nitrogens with one attached hydrogen (secondary N) is 1. The van der Waals surface area contributed by atoms with Gasteiger partial charge in [0.25, 0.3) is 5.91 Å². The molecule has 1 heterocycles. The lowest BCUT2D eigenvalue weighted by Gasteiger charge is -2.14. The molecule has 0 spiro atoms. The van der Waals surface area contributed by atoms with Crippen LogP contribution in [0.4, 0.5) is 0 Å². The molecule has 0 aliphatic rings. The molecule has 0 aliphatic heterocycles. The second-order valence-electron chi connectivity index (χ2n) is 8.29. The Morgan fingerprint density at radius 3 is 2.54 bits per heavy atom. The Bertz CT molecular complexity index is 1340. The number of carbonyl (C=O) groups excluding carboxylic acids is 1. The summed E-state index contributed by atoms with van der Waals surface area (Å²) in [5.74, 6) is 0.545. The van der Waals surface area contributed by atoms with E-state index >= 15 is 0 Å². The zero-order valence-electron chi connectivity index (χ0n) is 20.1. The van der Waals surface area contributed by atoms with Gasteiger partial charge in [0.1, 0.15) is 5.75 Å². The largest absolute Gasteiger partial charge is 0.492 e.